The minimum absolute atomic E-state index is 0.122. The summed E-state index contributed by atoms with van der Waals surface area (Å²) in [7, 11) is -3.26. The van der Waals surface area contributed by atoms with Gasteiger partial charge in [0.05, 0.1) is 5.75 Å². The van der Waals surface area contributed by atoms with Gasteiger partial charge in [-0.25, -0.2) is 8.42 Å². The molecule has 1 aromatic carbocycles. The Morgan fingerprint density at radius 1 is 1.09 bits per heavy atom. The molecule has 1 aromatic rings. The van der Waals surface area contributed by atoms with Crippen molar-refractivity contribution in [2.75, 3.05) is 31.9 Å². The maximum atomic E-state index is 12.4. The maximum Gasteiger partial charge on any atom is 0.222 e. The number of carbonyl (C=O) groups is 1. The molecule has 1 saturated heterocycles. The van der Waals surface area contributed by atoms with Crippen LogP contribution in [0, 0.1) is 5.92 Å². The summed E-state index contributed by atoms with van der Waals surface area (Å²) in [6, 6.07) is 9.64. The van der Waals surface area contributed by atoms with E-state index in [0.717, 1.165) is 5.56 Å². The van der Waals surface area contributed by atoms with E-state index in [2.05, 4.69) is 0 Å². The highest BCUT2D eigenvalue weighted by Gasteiger charge is 2.28. The molecule has 0 N–H and O–H groups in total. The van der Waals surface area contributed by atoms with Crippen LogP contribution >= 0.6 is 0 Å². The Labute approximate surface area is 139 Å². The van der Waals surface area contributed by atoms with Crippen LogP contribution in [0.3, 0.4) is 0 Å². The molecule has 1 aliphatic rings. The number of hydrogen-bond acceptors (Lipinski definition) is 3. The summed E-state index contributed by atoms with van der Waals surface area (Å²) in [5.41, 5.74) is 1.03. The summed E-state index contributed by atoms with van der Waals surface area (Å²) >= 11 is 0. The highest BCUT2D eigenvalue weighted by Crippen LogP contribution is 2.12. The fourth-order valence-corrected chi connectivity index (χ4v) is 4.19. The van der Waals surface area contributed by atoms with Gasteiger partial charge in [-0.2, -0.15) is 4.31 Å². The van der Waals surface area contributed by atoms with Gasteiger partial charge in [0.1, 0.15) is 0 Å². The van der Waals surface area contributed by atoms with E-state index >= 15 is 0 Å². The summed E-state index contributed by atoms with van der Waals surface area (Å²) < 4.78 is 26.4. The van der Waals surface area contributed by atoms with Crippen molar-refractivity contribution < 1.29 is 13.2 Å². The molecule has 0 radical (unpaired) electrons. The van der Waals surface area contributed by atoms with Crippen LogP contribution in [-0.2, 0) is 21.2 Å². The monoisotopic (exact) mass is 338 g/mol. The minimum atomic E-state index is -3.26. The number of aryl methyl sites for hydroxylation is 1. The molecular formula is C17H26N2O3S. The second-order valence-electron chi connectivity index (χ2n) is 6.43. The van der Waals surface area contributed by atoms with Crippen molar-refractivity contribution in [3.8, 4) is 0 Å². The van der Waals surface area contributed by atoms with Gasteiger partial charge in [0.25, 0.3) is 0 Å². The first kappa shape index (κ1) is 17.9. The number of rotatable bonds is 6. The standard InChI is InChI=1S/C17H26N2O3S/c1-15(2)14-17(20)18-9-11-19(12-10-18)23(21,22)13-8-16-6-4-3-5-7-16/h3-7,15H,8-14H2,1-2H3. The van der Waals surface area contributed by atoms with Crippen molar-refractivity contribution in [1.29, 1.82) is 0 Å². The molecule has 5 nitrogen and oxygen atoms in total. The average molecular weight is 338 g/mol. The molecule has 2 rings (SSSR count). The van der Waals surface area contributed by atoms with E-state index in [1.165, 1.54) is 4.31 Å². The fraction of sp³-hybridized carbons (Fsp3) is 0.588. The summed E-state index contributed by atoms with van der Waals surface area (Å²) in [5.74, 6) is 0.577. The molecule has 6 heteroatoms. The van der Waals surface area contributed by atoms with Gasteiger partial charge in [0.2, 0.25) is 15.9 Å². The van der Waals surface area contributed by atoms with Gasteiger partial charge in [-0.15, -0.1) is 0 Å². The molecule has 0 aliphatic carbocycles. The smallest absolute Gasteiger partial charge is 0.222 e. The number of nitrogens with zero attached hydrogens (tertiary/aromatic N) is 2. The molecule has 1 amide bonds. The van der Waals surface area contributed by atoms with Crippen molar-refractivity contribution in [2.24, 2.45) is 5.92 Å². The van der Waals surface area contributed by atoms with Crippen LogP contribution in [0.4, 0.5) is 0 Å². The Morgan fingerprint density at radius 3 is 2.26 bits per heavy atom. The third kappa shape index (κ3) is 5.32. The molecule has 1 aliphatic heterocycles. The van der Waals surface area contributed by atoms with E-state index in [4.69, 9.17) is 0 Å². The van der Waals surface area contributed by atoms with Gasteiger partial charge in [0, 0.05) is 32.6 Å². The molecule has 128 valence electrons. The van der Waals surface area contributed by atoms with Crippen LogP contribution in [-0.4, -0.2) is 55.5 Å². The zero-order valence-corrected chi connectivity index (χ0v) is 14.8. The number of hydrogen-bond donors (Lipinski definition) is 0. The fourth-order valence-electron chi connectivity index (χ4n) is 2.71. The van der Waals surface area contributed by atoms with Gasteiger partial charge in [-0.1, -0.05) is 44.2 Å². The van der Waals surface area contributed by atoms with E-state index in [1.54, 1.807) is 4.90 Å². The Kier molecular flexibility index (Phi) is 6.18. The normalized spacial score (nSPS) is 16.7. The zero-order valence-electron chi connectivity index (χ0n) is 13.9. The van der Waals surface area contributed by atoms with Crippen LogP contribution in [0.25, 0.3) is 0 Å². The molecule has 0 bridgehead atoms. The van der Waals surface area contributed by atoms with Crippen LogP contribution in [0.5, 0.6) is 0 Å². The first-order valence-electron chi connectivity index (χ1n) is 8.18. The van der Waals surface area contributed by atoms with Crippen molar-refractivity contribution >= 4 is 15.9 Å². The zero-order chi connectivity index (χ0) is 16.9. The lowest BCUT2D eigenvalue weighted by atomic mass is 10.1. The first-order valence-corrected chi connectivity index (χ1v) is 9.79. The van der Waals surface area contributed by atoms with Crippen molar-refractivity contribution in [2.45, 2.75) is 26.7 Å². The topological polar surface area (TPSA) is 57.7 Å². The van der Waals surface area contributed by atoms with E-state index in [-0.39, 0.29) is 11.7 Å². The lowest BCUT2D eigenvalue weighted by molar-refractivity contribution is -0.133. The number of sulfonamides is 1. The van der Waals surface area contributed by atoms with Crippen LogP contribution < -0.4 is 0 Å². The van der Waals surface area contributed by atoms with Crippen LogP contribution in [0.15, 0.2) is 30.3 Å². The number of benzene rings is 1. The lowest BCUT2D eigenvalue weighted by Crippen LogP contribution is -2.51. The third-order valence-corrected chi connectivity index (χ3v) is 5.93. The predicted molar refractivity (Wildman–Crippen MR) is 91.5 cm³/mol. The Hall–Kier alpha value is -1.40. The number of amides is 1. The lowest BCUT2D eigenvalue weighted by Gasteiger charge is -2.34. The van der Waals surface area contributed by atoms with Crippen molar-refractivity contribution in [3.63, 3.8) is 0 Å². The Morgan fingerprint density at radius 2 is 1.70 bits per heavy atom. The first-order chi connectivity index (χ1) is 10.9. The summed E-state index contributed by atoms with van der Waals surface area (Å²) in [5, 5.41) is 0. The van der Waals surface area contributed by atoms with E-state index in [0.29, 0.717) is 44.9 Å². The van der Waals surface area contributed by atoms with Crippen molar-refractivity contribution in [3.05, 3.63) is 35.9 Å². The molecule has 0 unspecified atom stereocenters. The van der Waals surface area contributed by atoms with E-state index in [9.17, 15) is 13.2 Å². The molecule has 1 heterocycles. The van der Waals surface area contributed by atoms with E-state index < -0.39 is 10.0 Å². The predicted octanol–water partition coefficient (Wildman–Crippen LogP) is 1.75. The van der Waals surface area contributed by atoms with Gasteiger partial charge in [-0.05, 0) is 17.9 Å². The molecule has 0 saturated carbocycles. The van der Waals surface area contributed by atoms with Gasteiger partial charge >= 0.3 is 0 Å². The average Bonchev–Trinajstić information content (AvgIpc) is 2.53. The van der Waals surface area contributed by atoms with E-state index in [1.807, 2.05) is 44.2 Å². The van der Waals surface area contributed by atoms with Gasteiger partial charge in [0.15, 0.2) is 0 Å². The summed E-state index contributed by atoms with van der Waals surface area (Å²) in [6.07, 6.45) is 1.05. The number of carbonyl (C=O) groups excluding carboxylic acids is 1. The quantitative estimate of drug-likeness (QED) is 0.794. The van der Waals surface area contributed by atoms with Crippen LogP contribution in [0.2, 0.25) is 0 Å². The largest absolute Gasteiger partial charge is 0.340 e. The highest BCUT2D eigenvalue weighted by atomic mass is 32.2. The molecule has 0 spiro atoms. The Balaban J connectivity index is 1.85. The number of piperazine rings is 1. The molecule has 0 aromatic heterocycles. The molecule has 1 fully saturated rings. The molecular weight excluding hydrogens is 312 g/mol. The SMILES string of the molecule is CC(C)CC(=O)N1CCN(S(=O)(=O)CCc2ccccc2)CC1. The highest BCUT2D eigenvalue weighted by molar-refractivity contribution is 7.89. The minimum Gasteiger partial charge on any atom is -0.340 e. The van der Waals surface area contributed by atoms with Gasteiger partial charge in [-0.3, -0.25) is 4.79 Å². The van der Waals surface area contributed by atoms with Crippen LogP contribution in [0.1, 0.15) is 25.8 Å². The second kappa shape index (κ2) is 7.93. The van der Waals surface area contributed by atoms with Crippen molar-refractivity contribution in [1.82, 2.24) is 9.21 Å². The second-order valence-corrected chi connectivity index (χ2v) is 8.52. The van der Waals surface area contributed by atoms with Gasteiger partial charge < -0.3 is 4.90 Å². The summed E-state index contributed by atoms with van der Waals surface area (Å²) in [6.45, 7) is 5.83. The summed E-state index contributed by atoms with van der Waals surface area (Å²) in [4.78, 5) is 13.8. The molecule has 0 atom stereocenters. The Bertz CT molecular complexity index is 606. The molecule has 23 heavy (non-hydrogen) atoms. The third-order valence-electron chi connectivity index (χ3n) is 4.06. The maximum absolute atomic E-state index is 12.4.